The molecule has 19 nitrogen and oxygen atoms in total. The van der Waals surface area contributed by atoms with Crippen molar-refractivity contribution in [3.63, 3.8) is 0 Å². The molecular weight excluding hydrogens is 868 g/mol. The maximum Gasteiger partial charge on any atom is 0.410 e. The molecule has 3 heterocycles. The molecule has 3 aliphatic heterocycles. The van der Waals surface area contributed by atoms with E-state index in [0.717, 1.165) is 17.0 Å². The van der Waals surface area contributed by atoms with Gasteiger partial charge in [-0.3, -0.25) is 34.1 Å². The quantitative estimate of drug-likeness (QED) is 0.195. The van der Waals surface area contributed by atoms with Crippen molar-refractivity contribution in [2.24, 2.45) is 5.92 Å². The fourth-order valence-electron chi connectivity index (χ4n) is 8.35. The second-order valence-corrected chi connectivity index (χ2v) is 21.8. The van der Waals surface area contributed by atoms with Gasteiger partial charge in [0, 0.05) is 30.5 Å². The Hall–Kier alpha value is -5.64. The largest absolute Gasteiger partial charge is 0.444 e. The number of fused-ring (bicyclic) bond motifs is 3. The fourth-order valence-corrected chi connectivity index (χ4v) is 11.6. The molecule has 22 heteroatoms. The van der Waals surface area contributed by atoms with Crippen molar-refractivity contribution in [1.82, 2.24) is 25.2 Å². The monoisotopic (exact) mass is 916 g/mol. The molecule has 1 unspecified atom stereocenters. The third kappa shape index (κ3) is 9.80. The molecule has 0 spiro atoms. The van der Waals surface area contributed by atoms with E-state index in [-0.39, 0.29) is 58.2 Å². The minimum Gasteiger partial charge on any atom is -0.444 e. The zero-order valence-electron chi connectivity index (χ0n) is 34.8. The molecule has 0 bridgehead atoms. The number of nitro groups is 1. The molecule has 7 rings (SSSR count). The molecule has 340 valence electrons. The lowest BCUT2D eigenvalue weighted by Crippen LogP contribution is -2.58. The van der Waals surface area contributed by atoms with Gasteiger partial charge in [-0.05, 0) is 83.4 Å². The second kappa shape index (κ2) is 17.1. The standard InChI is InChI=1S/C41H49FN6O13S2/c1-40(2,3)61-38(52)43-31-14-8-12-27(62(56,57)34-16-5-4-15-32(34)48(54)55)11-7-10-25-20-41(25,37(51)45-63(58,59)28-17-18-28)44-35(49)33-19-26(22-47(33)36(31)50)60-39(53)46-21-24-9-6-13-30(42)29(24)23-46/h4-7,9-10,13,15-16,25-28,31,33H,8,11-12,14,17-23H2,1-3H3,(H,43,52)(H,44,49)(H,45,51)/b10-7-/t25-,26-,27?,31+,33+,41-/m1/s1. The van der Waals surface area contributed by atoms with Crippen LogP contribution in [0.1, 0.15) is 83.3 Å². The molecule has 2 aliphatic carbocycles. The lowest BCUT2D eigenvalue weighted by atomic mass is 10.0. The van der Waals surface area contributed by atoms with Crippen LogP contribution >= 0.6 is 0 Å². The van der Waals surface area contributed by atoms with Gasteiger partial charge in [-0.25, -0.2) is 30.8 Å². The minimum atomic E-state index is -4.46. The van der Waals surface area contributed by atoms with Gasteiger partial charge in [0.25, 0.3) is 11.6 Å². The summed E-state index contributed by atoms with van der Waals surface area (Å²) in [5.41, 5.74) is -2.64. The van der Waals surface area contributed by atoms with Gasteiger partial charge in [-0.15, -0.1) is 0 Å². The van der Waals surface area contributed by atoms with Gasteiger partial charge in [-0.1, -0.05) is 36.4 Å². The van der Waals surface area contributed by atoms with Crippen molar-refractivity contribution < 1.29 is 59.6 Å². The van der Waals surface area contributed by atoms with Crippen molar-refractivity contribution in [1.29, 1.82) is 0 Å². The van der Waals surface area contributed by atoms with E-state index < -0.39 is 117 Å². The third-order valence-corrected chi connectivity index (χ3v) is 15.9. The highest BCUT2D eigenvalue weighted by Crippen LogP contribution is 2.46. The van der Waals surface area contributed by atoms with E-state index in [4.69, 9.17) is 9.47 Å². The molecule has 0 radical (unpaired) electrons. The summed E-state index contributed by atoms with van der Waals surface area (Å²) in [5.74, 6) is -4.14. The summed E-state index contributed by atoms with van der Waals surface area (Å²) in [7, 11) is -8.58. The lowest BCUT2D eigenvalue weighted by Gasteiger charge is -2.30. The zero-order chi connectivity index (χ0) is 45.6. The van der Waals surface area contributed by atoms with Crippen LogP contribution in [-0.4, -0.2) is 108 Å². The first-order chi connectivity index (χ1) is 29.6. The van der Waals surface area contributed by atoms with Crippen molar-refractivity contribution in [3.8, 4) is 0 Å². The molecular formula is C41H49FN6O13S2. The summed E-state index contributed by atoms with van der Waals surface area (Å²) in [5, 5.41) is 15.0. The summed E-state index contributed by atoms with van der Waals surface area (Å²) in [6.45, 7) is 4.35. The van der Waals surface area contributed by atoms with E-state index in [1.807, 2.05) is 0 Å². The summed E-state index contributed by atoms with van der Waals surface area (Å²) < 4.78 is 82.3. The topological polar surface area (TPSA) is 258 Å². The molecule has 5 amide bonds. The number of nitro benzene ring substituents is 1. The highest BCUT2D eigenvalue weighted by Gasteiger charge is 2.62. The molecule has 3 fully saturated rings. The summed E-state index contributed by atoms with van der Waals surface area (Å²) >= 11 is 0. The van der Waals surface area contributed by atoms with Gasteiger partial charge in [0.2, 0.25) is 21.8 Å². The van der Waals surface area contributed by atoms with Crippen molar-refractivity contribution in [3.05, 3.63) is 81.7 Å². The van der Waals surface area contributed by atoms with Crippen LogP contribution < -0.4 is 15.4 Å². The maximum absolute atomic E-state index is 14.7. The van der Waals surface area contributed by atoms with E-state index in [0.29, 0.717) is 24.0 Å². The number of hydrogen-bond donors (Lipinski definition) is 3. The molecule has 6 atom stereocenters. The number of amides is 5. The van der Waals surface area contributed by atoms with Crippen LogP contribution in [0.15, 0.2) is 59.5 Å². The van der Waals surface area contributed by atoms with Crippen LogP contribution in [0.25, 0.3) is 0 Å². The third-order valence-electron chi connectivity index (χ3n) is 11.8. The van der Waals surface area contributed by atoms with Gasteiger partial charge >= 0.3 is 12.2 Å². The Bertz CT molecular complexity index is 2470. The predicted octanol–water partition coefficient (Wildman–Crippen LogP) is 3.50. The number of ether oxygens (including phenoxy) is 2. The number of nitrogens with one attached hydrogen (secondary N) is 3. The Morgan fingerprint density at radius 2 is 1.71 bits per heavy atom. The molecule has 1 saturated heterocycles. The van der Waals surface area contributed by atoms with Crippen LogP contribution in [0, 0.1) is 21.8 Å². The number of allylic oxidation sites excluding steroid dienone is 1. The normalized spacial score (nSPS) is 27.0. The van der Waals surface area contributed by atoms with Crippen LogP contribution in [-0.2, 0) is 56.8 Å². The highest BCUT2D eigenvalue weighted by atomic mass is 32.2. The highest BCUT2D eigenvalue weighted by molar-refractivity contribution is 7.92. The number of sulfone groups is 1. The van der Waals surface area contributed by atoms with Crippen molar-refractivity contribution in [2.75, 3.05) is 6.54 Å². The van der Waals surface area contributed by atoms with E-state index in [9.17, 15) is 55.3 Å². The summed E-state index contributed by atoms with van der Waals surface area (Å²) in [6.07, 6.45) is -0.442. The number of sulfonamides is 1. The minimum absolute atomic E-state index is 0.0394. The van der Waals surface area contributed by atoms with Gasteiger partial charge in [0.15, 0.2) is 9.84 Å². The number of hydrogen-bond acceptors (Lipinski definition) is 13. The van der Waals surface area contributed by atoms with Crippen LogP contribution in [0.4, 0.5) is 19.7 Å². The molecule has 0 aromatic heterocycles. The van der Waals surface area contributed by atoms with Gasteiger partial charge in [0.1, 0.15) is 40.0 Å². The van der Waals surface area contributed by atoms with E-state index in [1.54, 1.807) is 26.8 Å². The van der Waals surface area contributed by atoms with E-state index in [1.165, 1.54) is 41.3 Å². The average molecular weight is 917 g/mol. The molecule has 2 saturated carbocycles. The summed E-state index contributed by atoms with van der Waals surface area (Å²) in [4.78, 5) is 82.7. The van der Waals surface area contributed by atoms with Gasteiger partial charge < -0.3 is 25.0 Å². The average Bonchev–Trinajstić information content (AvgIpc) is 4.09. The Morgan fingerprint density at radius 1 is 0.984 bits per heavy atom. The SMILES string of the molecule is CC(C)(C)OC(=O)N[C@H]1CCCC(S(=O)(=O)c2ccccc2[N+](=O)[O-])C/C=C\[C@@H]2C[C@@]2(C(=O)NS(=O)(=O)C2CC2)NC(=O)[C@@H]2C[C@@H](OC(=O)N3Cc4cccc(F)c4C3)CN2C1=O. The zero-order valence-corrected chi connectivity index (χ0v) is 36.4. The van der Waals surface area contributed by atoms with Crippen molar-refractivity contribution >= 4 is 55.5 Å². The summed E-state index contributed by atoms with van der Waals surface area (Å²) in [6, 6.07) is 6.42. The Kier molecular flexibility index (Phi) is 12.4. The number of halogens is 1. The van der Waals surface area contributed by atoms with Gasteiger partial charge in [0.05, 0.1) is 28.5 Å². The number of nitrogens with zero attached hydrogens (tertiary/aromatic N) is 3. The predicted molar refractivity (Wildman–Crippen MR) is 220 cm³/mol. The first-order valence-corrected chi connectivity index (χ1v) is 23.7. The van der Waals surface area contributed by atoms with Crippen LogP contribution in [0.3, 0.4) is 0 Å². The first kappa shape index (κ1) is 45.4. The fraction of sp³-hybridized carbons (Fsp3) is 0.537. The van der Waals surface area contributed by atoms with E-state index >= 15 is 0 Å². The van der Waals surface area contributed by atoms with Crippen LogP contribution in [0.2, 0.25) is 0 Å². The molecule has 2 aromatic carbocycles. The first-order valence-electron chi connectivity index (χ1n) is 20.6. The number of benzene rings is 2. The smallest absolute Gasteiger partial charge is 0.410 e. The van der Waals surface area contributed by atoms with E-state index in [2.05, 4.69) is 15.4 Å². The molecule has 63 heavy (non-hydrogen) atoms. The van der Waals surface area contributed by atoms with Crippen LogP contribution in [0.5, 0.6) is 0 Å². The molecule has 5 aliphatic rings. The molecule has 2 aromatic rings. The number of para-hydroxylation sites is 1. The Balaban J connectivity index is 1.22. The van der Waals surface area contributed by atoms with Crippen molar-refractivity contribution in [2.45, 2.75) is 130 Å². The Labute approximate surface area is 363 Å². The number of alkyl carbamates (subject to hydrolysis) is 1. The Morgan fingerprint density at radius 3 is 2.40 bits per heavy atom. The number of carbonyl (C=O) groups excluding carboxylic acids is 5. The number of rotatable bonds is 8. The lowest BCUT2D eigenvalue weighted by molar-refractivity contribution is -0.387. The second-order valence-electron chi connectivity index (χ2n) is 17.6. The number of carbonyl (C=O) groups is 5. The maximum atomic E-state index is 14.7. The van der Waals surface area contributed by atoms with Gasteiger partial charge in [-0.2, -0.15) is 0 Å². The molecule has 3 N–H and O–H groups in total.